The fourth-order valence-electron chi connectivity index (χ4n) is 2.60. The third kappa shape index (κ3) is 2.62. The van der Waals surface area contributed by atoms with E-state index in [1.807, 2.05) is 12.1 Å². The van der Waals surface area contributed by atoms with E-state index >= 15 is 0 Å². The zero-order valence-corrected chi connectivity index (χ0v) is 13.2. The molecule has 4 nitrogen and oxygen atoms in total. The molecular weight excluding hydrogens is 342 g/mol. The largest absolute Gasteiger partial charge is 0.334 e. The third-order valence-electron chi connectivity index (χ3n) is 3.78. The van der Waals surface area contributed by atoms with Gasteiger partial charge >= 0.3 is 0 Å². The molecule has 0 spiro atoms. The molecule has 106 valence electrons. The van der Waals surface area contributed by atoms with Crippen LogP contribution in [0.15, 0.2) is 27.2 Å². The summed E-state index contributed by atoms with van der Waals surface area (Å²) in [4.78, 5) is 4.47. The highest BCUT2D eigenvalue weighted by atomic mass is 79.9. The molecule has 1 fully saturated rings. The Labute approximate surface area is 130 Å². The highest BCUT2D eigenvalue weighted by Crippen LogP contribution is 2.35. The van der Waals surface area contributed by atoms with Crippen LogP contribution in [0.1, 0.15) is 37.9 Å². The number of aromatic nitrogens is 2. The summed E-state index contributed by atoms with van der Waals surface area (Å²) >= 11 is 9.59. The zero-order chi connectivity index (χ0) is 14.2. The molecule has 3 rings (SSSR count). The van der Waals surface area contributed by atoms with Gasteiger partial charge in [0.2, 0.25) is 0 Å². The van der Waals surface area contributed by atoms with Gasteiger partial charge in [0, 0.05) is 4.47 Å². The smallest absolute Gasteiger partial charge is 0.259 e. The maximum atomic E-state index is 6.41. The molecule has 1 aromatic carbocycles. The SMILES string of the molecule is NC1(c2noc(-c3cc(Br)ccc3Cl)n2)CCCCC1. The van der Waals surface area contributed by atoms with Crippen LogP contribution in [0.2, 0.25) is 5.02 Å². The van der Waals surface area contributed by atoms with Crippen LogP contribution in [0, 0.1) is 0 Å². The van der Waals surface area contributed by atoms with E-state index in [0.29, 0.717) is 16.7 Å². The maximum Gasteiger partial charge on any atom is 0.259 e. The minimum atomic E-state index is -0.460. The topological polar surface area (TPSA) is 64.9 Å². The van der Waals surface area contributed by atoms with Crippen molar-refractivity contribution in [2.75, 3.05) is 0 Å². The molecule has 1 saturated carbocycles. The number of halogens is 2. The highest BCUT2D eigenvalue weighted by Gasteiger charge is 2.34. The number of hydrogen-bond donors (Lipinski definition) is 1. The van der Waals surface area contributed by atoms with Crippen molar-refractivity contribution in [2.45, 2.75) is 37.6 Å². The first-order chi connectivity index (χ1) is 9.58. The first-order valence-corrected chi connectivity index (χ1v) is 7.84. The van der Waals surface area contributed by atoms with Crippen molar-refractivity contribution in [1.82, 2.24) is 10.1 Å². The molecule has 0 saturated heterocycles. The Kier molecular flexibility index (Phi) is 3.84. The van der Waals surface area contributed by atoms with Gasteiger partial charge in [0.05, 0.1) is 16.1 Å². The summed E-state index contributed by atoms with van der Waals surface area (Å²) in [6.07, 6.45) is 5.24. The van der Waals surface area contributed by atoms with Crippen LogP contribution >= 0.6 is 27.5 Å². The van der Waals surface area contributed by atoms with E-state index in [-0.39, 0.29) is 0 Å². The van der Waals surface area contributed by atoms with Gasteiger partial charge in [-0.25, -0.2) is 0 Å². The molecule has 6 heteroatoms. The summed E-state index contributed by atoms with van der Waals surface area (Å²) in [7, 11) is 0. The molecule has 0 bridgehead atoms. The predicted octanol–water partition coefficient (Wildman–Crippen LogP) is 4.27. The number of rotatable bonds is 2. The molecule has 1 aliphatic rings. The first-order valence-electron chi connectivity index (χ1n) is 6.67. The van der Waals surface area contributed by atoms with Gasteiger partial charge in [0.25, 0.3) is 5.89 Å². The van der Waals surface area contributed by atoms with Crippen LogP contribution in [0.3, 0.4) is 0 Å². The maximum absolute atomic E-state index is 6.41. The summed E-state index contributed by atoms with van der Waals surface area (Å²) in [5, 5.41) is 4.66. The fraction of sp³-hybridized carbons (Fsp3) is 0.429. The van der Waals surface area contributed by atoms with Crippen LogP contribution in [0.5, 0.6) is 0 Å². The Balaban J connectivity index is 1.95. The van der Waals surface area contributed by atoms with E-state index in [9.17, 15) is 0 Å². The molecule has 0 radical (unpaired) electrons. The summed E-state index contributed by atoms with van der Waals surface area (Å²) in [5.74, 6) is 1.00. The Bertz CT molecular complexity index is 623. The summed E-state index contributed by atoms with van der Waals surface area (Å²) in [6.45, 7) is 0. The lowest BCUT2D eigenvalue weighted by Crippen LogP contribution is -2.39. The van der Waals surface area contributed by atoms with E-state index in [1.165, 1.54) is 6.42 Å². The number of nitrogens with two attached hydrogens (primary N) is 1. The lowest BCUT2D eigenvalue weighted by atomic mass is 9.82. The normalized spacial score (nSPS) is 18.1. The van der Waals surface area contributed by atoms with Gasteiger partial charge in [-0.1, -0.05) is 52.0 Å². The van der Waals surface area contributed by atoms with Crippen molar-refractivity contribution < 1.29 is 4.52 Å². The second-order valence-corrected chi connectivity index (χ2v) is 6.59. The minimum absolute atomic E-state index is 0.418. The average Bonchev–Trinajstić information content (AvgIpc) is 2.93. The molecular formula is C14H15BrClN3O. The molecule has 2 aromatic rings. The lowest BCUT2D eigenvalue weighted by Gasteiger charge is -2.29. The van der Waals surface area contributed by atoms with Crippen LogP contribution in [0.4, 0.5) is 0 Å². The van der Waals surface area contributed by atoms with Gasteiger partial charge in [0.1, 0.15) is 0 Å². The standard InChI is InChI=1S/C14H15BrClN3O/c15-9-4-5-11(16)10(8-9)12-18-13(19-20-12)14(17)6-2-1-3-7-14/h4-5,8H,1-3,6-7,17H2. The number of nitrogens with zero attached hydrogens (tertiary/aromatic N) is 2. The molecule has 1 aromatic heterocycles. The second kappa shape index (κ2) is 5.47. The van der Waals surface area contributed by atoms with Crippen molar-refractivity contribution >= 4 is 27.5 Å². The van der Waals surface area contributed by atoms with E-state index < -0.39 is 5.54 Å². The molecule has 1 aliphatic carbocycles. The van der Waals surface area contributed by atoms with Gasteiger partial charge in [-0.15, -0.1) is 0 Å². The summed E-state index contributed by atoms with van der Waals surface area (Å²) < 4.78 is 6.27. The number of benzene rings is 1. The second-order valence-electron chi connectivity index (χ2n) is 5.26. The molecule has 0 unspecified atom stereocenters. The highest BCUT2D eigenvalue weighted by molar-refractivity contribution is 9.10. The predicted molar refractivity (Wildman–Crippen MR) is 81.4 cm³/mol. The van der Waals surface area contributed by atoms with Gasteiger partial charge in [-0.3, -0.25) is 0 Å². The van der Waals surface area contributed by atoms with E-state index in [1.54, 1.807) is 6.07 Å². The fourth-order valence-corrected chi connectivity index (χ4v) is 3.16. The van der Waals surface area contributed by atoms with E-state index in [0.717, 1.165) is 35.7 Å². The van der Waals surface area contributed by atoms with Crippen molar-refractivity contribution in [2.24, 2.45) is 5.73 Å². The van der Waals surface area contributed by atoms with Crippen LogP contribution in [-0.2, 0) is 5.54 Å². The Hall–Kier alpha value is -0.910. The Morgan fingerprint density at radius 3 is 2.75 bits per heavy atom. The van der Waals surface area contributed by atoms with E-state index in [2.05, 4.69) is 26.1 Å². The summed E-state index contributed by atoms with van der Waals surface area (Å²) in [6, 6.07) is 5.53. The minimum Gasteiger partial charge on any atom is -0.334 e. The van der Waals surface area contributed by atoms with Crippen LogP contribution in [-0.4, -0.2) is 10.1 Å². The van der Waals surface area contributed by atoms with Crippen molar-refractivity contribution in [3.05, 3.63) is 33.5 Å². The molecule has 0 atom stereocenters. The Morgan fingerprint density at radius 2 is 2.00 bits per heavy atom. The molecule has 2 N–H and O–H groups in total. The number of hydrogen-bond acceptors (Lipinski definition) is 4. The van der Waals surface area contributed by atoms with Gasteiger partial charge in [-0.05, 0) is 31.0 Å². The molecule has 0 amide bonds. The van der Waals surface area contributed by atoms with E-state index in [4.69, 9.17) is 21.9 Å². The first kappa shape index (κ1) is 14.0. The molecule has 1 heterocycles. The average molecular weight is 357 g/mol. The van der Waals surface area contributed by atoms with Gasteiger partial charge in [-0.2, -0.15) is 4.98 Å². The van der Waals surface area contributed by atoms with Crippen molar-refractivity contribution in [1.29, 1.82) is 0 Å². The Morgan fingerprint density at radius 1 is 1.25 bits per heavy atom. The quantitative estimate of drug-likeness (QED) is 0.872. The lowest BCUT2D eigenvalue weighted by molar-refractivity contribution is 0.275. The van der Waals surface area contributed by atoms with Crippen molar-refractivity contribution in [3.63, 3.8) is 0 Å². The van der Waals surface area contributed by atoms with Crippen molar-refractivity contribution in [3.8, 4) is 11.5 Å². The third-order valence-corrected chi connectivity index (χ3v) is 4.60. The molecule has 0 aliphatic heterocycles. The van der Waals surface area contributed by atoms with Crippen LogP contribution in [0.25, 0.3) is 11.5 Å². The van der Waals surface area contributed by atoms with Crippen LogP contribution < -0.4 is 5.73 Å². The van der Waals surface area contributed by atoms with Gasteiger partial charge < -0.3 is 10.3 Å². The summed E-state index contributed by atoms with van der Waals surface area (Å²) in [5.41, 5.74) is 6.67. The van der Waals surface area contributed by atoms with Gasteiger partial charge in [0.15, 0.2) is 5.82 Å². The monoisotopic (exact) mass is 355 g/mol. The zero-order valence-electron chi connectivity index (χ0n) is 10.9. The molecule has 20 heavy (non-hydrogen) atoms.